The van der Waals surface area contributed by atoms with Crippen molar-refractivity contribution in [2.45, 2.75) is 0 Å². The Labute approximate surface area is 128 Å². The van der Waals surface area contributed by atoms with Crippen LogP contribution >= 0.6 is 0 Å². The molecular weight excluding hydrogens is 276 g/mol. The van der Waals surface area contributed by atoms with Crippen molar-refractivity contribution in [3.8, 4) is 22.3 Å². The zero-order valence-corrected chi connectivity index (χ0v) is 12.1. The predicted octanol–water partition coefficient (Wildman–Crippen LogP) is 3.60. The maximum Gasteiger partial charge on any atom is 0.338 e. The molecule has 0 radical (unpaired) electrons. The standard InChI is InChI=1S/C18H14N2O2/c1-22-18(21)16-7-6-13(14-4-2-8-19-11-14)10-17(16)15-5-3-9-20-12-15/h2-12H,1H3. The third-order valence-electron chi connectivity index (χ3n) is 3.39. The number of esters is 1. The Bertz CT molecular complexity index is 787. The minimum atomic E-state index is -0.364. The van der Waals surface area contributed by atoms with Gasteiger partial charge in [0.25, 0.3) is 0 Å². The van der Waals surface area contributed by atoms with Gasteiger partial charge in [-0.05, 0) is 35.4 Å². The lowest BCUT2D eigenvalue weighted by Gasteiger charge is -2.10. The van der Waals surface area contributed by atoms with E-state index in [0.717, 1.165) is 22.3 Å². The van der Waals surface area contributed by atoms with Crippen LogP contribution in [-0.4, -0.2) is 23.0 Å². The summed E-state index contributed by atoms with van der Waals surface area (Å²) in [6.45, 7) is 0. The van der Waals surface area contributed by atoms with Gasteiger partial charge in [0.1, 0.15) is 0 Å². The van der Waals surface area contributed by atoms with Gasteiger partial charge < -0.3 is 4.74 Å². The summed E-state index contributed by atoms with van der Waals surface area (Å²) in [5.74, 6) is -0.364. The fourth-order valence-corrected chi connectivity index (χ4v) is 2.31. The van der Waals surface area contributed by atoms with Gasteiger partial charge >= 0.3 is 5.97 Å². The van der Waals surface area contributed by atoms with Crippen LogP contribution in [0.25, 0.3) is 22.3 Å². The minimum absolute atomic E-state index is 0.364. The van der Waals surface area contributed by atoms with E-state index in [9.17, 15) is 4.79 Å². The van der Waals surface area contributed by atoms with E-state index in [1.54, 1.807) is 30.9 Å². The second-order valence-electron chi connectivity index (χ2n) is 4.74. The predicted molar refractivity (Wildman–Crippen MR) is 84.2 cm³/mol. The zero-order chi connectivity index (χ0) is 15.4. The molecule has 0 aliphatic heterocycles. The normalized spacial score (nSPS) is 10.2. The third-order valence-corrected chi connectivity index (χ3v) is 3.39. The molecule has 22 heavy (non-hydrogen) atoms. The molecule has 1 aromatic carbocycles. The van der Waals surface area contributed by atoms with Crippen molar-refractivity contribution in [2.75, 3.05) is 7.11 Å². The maximum absolute atomic E-state index is 12.0. The molecule has 0 amide bonds. The number of aromatic nitrogens is 2. The van der Waals surface area contributed by atoms with Crippen molar-refractivity contribution in [1.29, 1.82) is 0 Å². The van der Waals surface area contributed by atoms with Crippen molar-refractivity contribution in [3.63, 3.8) is 0 Å². The first kappa shape index (κ1) is 13.9. The molecule has 2 aromatic heterocycles. The van der Waals surface area contributed by atoms with Crippen LogP contribution in [0.1, 0.15) is 10.4 Å². The molecule has 0 saturated heterocycles. The number of rotatable bonds is 3. The van der Waals surface area contributed by atoms with Gasteiger partial charge in [0.15, 0.2) is 0 Å². The van der Waals surface area contributed by atoms with Crippen molar-refractivity contribution < 1.29 is 9.53 Å². The van der Waals surface area contributed by atoms with E-state index in [-0.39, 0.29) is 5.97 Å². The van der Waals surface area contributed by atoms with Crippen LogP contribution in [0.4, 0.5) is 0 Å². The van der Waals surface area contributed by atoms with E-state index in [0.29, 0.717) is 5.56 Å². The number of ether oxygens (including phenoxy) is 1. The third kappa shape index (κ3) is 2.72. The summed E-state index contributed by atoms with van der Waals surface area (Å²) < 4.78 is 4.87. The van der Waals surface area contributed by atoms with Crippen molar-refractivity contribution in [3.05, 3.63) is 72.8 Å². The lowest BCUT2D eigenvalue weighted by Crippen LogP contribution is -2.04. The van der Waals surface area contributed by atoms with Crippen molar-refractivity contribution in [2.24, 2.45) is 0 Å². The second kappa shape index (κ2) is 6.18. The Kier molecular flexibility index (Phi) is 3.92. The molecule has 0 fully saturated rings. The van der Waals surface area contributed by atoms with Gasteiger partial charge in [0, 0.05) is 35.9 Å². The fourth-order valence-electron chi connectivity index (χ4n) is 2.31. The van der Waals surface area contributed by atoms with Gasteiger partial charge in [0.2, 0.25) is 0 Å². The van der Waals surface area contributed by atoms with Crippen LogP contribution in [0.5, 0.6) is 0 Å². The van der Waals surface area contributed by atoms with Crippen LogP contribution < -0.4 is 0 Å². The molecule has 0 aliphatic rings. The number of nitrogens with zero attached hydrogens (tertiary/aromatic N) is 2. The van der Waals surface area contributed by atoms with Gasteiger partial charge in [-0.1, -0.05) is 18.2 Å². The number of methoxy groups -OCH3 is 1. The number of pyridine rings is 2. The maximum atomic E-state index is 12.0. The van der Waals surface area contributed by atoms with E-state index >= 15 is 0 Å². The molecule has 2 heterocycles. The van der Waals surface area contributed by atoms with Gasteiger partial charge in [-0.3, -0.25) is 9.97 Å². The van der Waals surface area contributed by atoms with Crippen molar-refractivity contribution >= 4 is 5.97 Å². The lowest BCUT2D eigenvalue weighted by molar-refractivity contribution is 0.0601. The van der Waals surface area contributed by atoms with Crippen LogP contribution in [0.2, 0.25) is 0 Å². The van der Waals surface area contributed by atoms with Gasteiger partial charge in [-0.15, -0.1) is 0 Å². The summed E-state index contributed by atoms with van der Waals surface area (Å²) in [5, 5.41) is 0. The number of carbonyl (C=O) groups excluding carboxylic acids is 1. The summed E-state index contributed by atoms with van der Waals surface area (Å²) in [7, 11) is 1.38. The highest BCUT2D eigenvalue weighted by Crippen LogP contribution is 2.29. The van der Waals surface area contributed by atoms with E-state index in [4.69, 9.17) is 4.74 Å². The first-order chi connectivity index (χ1) is 10.8. The number of hydrogen-bond donors (Lipinski definition) is 0. The van der Waals surface area contributed by atoms with Gasteiger partial charge in [-0.2, -0.15) is 0 Å². The molecule has 0 spiro atoms. The van der Waals surface area contributed by atoms with Crippen molar-refractivity contribution in [1.82, 2.24) is 9.97 Å². The summed E-state index contributed by atoms with van der Waals surface area (Å²) >= 11 is 0. The molecule has 3 aromatic rings. The first-order valence-corrected chi connectivity index (χ1v) is 6.83. The van der Waals surface area contributed by atoms with E-state index in [1.807, 2.05) is 36.4 Å². The zero-order valence-electron chi connectivity index (χ0n) is 12.1. The summed E-state index contributed by atoms with van der Waals surface area (Å²) in [6, 6.07) is 13.2. The van der Waals surface area contributed by atoms with Gasteiger partial charge in [-0.25, -0.2) is 4.79 Å². The molecule has 0 saturated carbocycles. The molecule has 108 valence electrons. The molecular formula is C18H14N2O2. The van der Waals surface area contributed by atoms with E-state index in [1.165, 1.54) is 7.11 Å². The van der Waals surface area contributed by atoms with Gasteiger partial charge in [0.05, 0.1) is 12.7 Å². The minimum Gasteiger partial charge on any atom is -0.465 e. The molecule has 0 atom stereocenters. The molecule has 3 rings (SSSR count). The quantitative estimate of drug-likeness (QED) is 0.692. The molecule has 4 nitrogen and oxygen atoms in total. The SMILES string of the molecule is COC(=O)c1ccc(-c2cccnc2)cc1-c1cccnc1. The summed E-state index contributed by atoms with van der Waals surface area (Å²) in [4.78, 5) is 20.3. The molecule has 4 heteroatoms. The smallest absolute Gasteiger partial charge is 0.338 e. The average Bonchev–Trinajstić information content (AvgIpc) is 2.62. The van der Waals surface area contributed by atoms with E-state index < -0.39 is 0 Å². The molecule has 0 unspecified atom stereocenters. The Hall–Kier alpha value is -3.01. The summed E-state index contributed by atoms with van der Waals surface area (Å²) in [6.07, 6.45) is 6.95. The Morgan fingerprint density at radius 3 is 2.18 bits per heavy atom. The van der Waals surface area contributed by atoms with Crippen LogP contribution in [0, 0.1) is 0 Å². The highest BCUT2D eigenvalue weighted by Gasteiger charge is 2.14. The van der Waals surface area contributed by atoms with E-state index in [2.05, 4.69) is 9.97 Å². The summed E-state index contributed by atoms with van der Waals surface area (Å²) in [5.41, 5.74) is 4.15. The monoisotopic (exact) mass is 290 g/mol. The number of hydrogen-bond acceptors (Lipinski definition) is 4. The second-order valence-corrected chi connectivity index (χ2v) is 4.74. The largest absolute Gasteiger partial charge is 0.465 e. The van der Waals surface area contributed by atoms with Crippen LogP contribution in [-0.2, 0) is 4.74 Å². The van der Waals surface area contributed by atoms with Crippen LogP contribution in [0.15, 0.2) is 67.3 Å². The Morgan fingerprint density at radius 2 is 1.59 bits per heavy atom. The molecule has 0 aliphatic carbocycles. The highest BCUT2D eigenvalue weighted by molar-refractivity contribution is 5.98. The number of carbonyl (C=O) groups is 1. The first-order valence-electron chi connectivity index (χ1n) is 6.83. The molecule has 0 N–H and O–H groups in total. The number of benzene rings is 1. The average molecular weight is 290 g/mol. The molecule has 0 bridgehead atoms. The highest BCUT2D eigenvalue weighted by atomic mass is 16.5. The fraction of sp³-hybridized carbons (Fsp3) is 0.0556. The Balaban J connectivity index is 2.17. The van der Waals surface area contributed by atoms with Crippen LogP contribution in [0.3, 0.4) is 0 Å². The topological polar surface area (TPSA) is 52.1 Å². The Morgan fingerprint density at radius 1 is 0.909 bits per heavy atom. The lowest BCUT2D eigenvalue weighted by atomic mass is 9.96.